The molecule has 1 aliphatic carbocycles. The molecule has 0 saturated heterocycles. The highest BCUT2D eigenvalue weighted by Gasteiger charge is 2.25. The van der Waals surface area contributed by atoms with Crippen LogP contribution in [-0.2, 0) is 16.1 Å². The van der Waals surface area contributed by atoms with Crippen molar-refractivity contribution in [2.75, 3.05) is 32.6 Å². The molecule has 0 bridgehead atoms. The number of likely N-dealkylation sites (N-methyl/N-ethyl adjacent to an activating group) is 1. The van der Waals surface area contributed by atoms with E-state index in [0.717, 1.165) is 30.9 Å². The lowest BCUT2D eigenvalue weighted by Crippen LogP contribution is -2.31. The molecule has 0 atom stereocenters. The minimum absolute atomic E-state index is 0.372. The first-order valence-corrected chi connectivity index (χ1v) is 10.4. The number of hydrogen-bond donors (Lipinski definition) is 2. The molecule has 2 N–H and O–H groups in total. The van der Waals surface area contributed by atoms with Crippen molar-refractivity contribution < 1.29 is 14.3 Å². The number of carbonyl (C=O) groups is 1. The van der Waals surface area contributed by atoms with Gasteiger partial charge in [-0.2, -0.15) is 0 Å². The molecular weight excluding hydrogens is 404 g/mol. The predicted octanol–water partition coefficient (Wildman–Crippen LogP) is 3.98. The van der Waals surface area contributed by atoms with Crippen LogP contribution in [0.15, 0.2) is 36.7 Å². The number of ether oxygens (including phenoxy) is 2. The van der Waals surface area contributed by atoms with Crippen LogP contribution in [0.1, 0.15) is 32.3 Å². The van der Waals surface area contributed by atoms with Crippen molar-refractivity contribution in [2.45, 2.75) is 39.3 Å². The largest absolute Gasteiger partial charge is 0.480 e. The fourth-order valence-electron chi connectivity index (χ4n) is 2.69. The van der Waals surface area contributed by atoms with Crippen LogP contribution in [0.25, 0.3) is 0 Å². The molecule has 1 aromatic heterocycles. The third-order valence-corrected chi connectivity index (χ3v) is 4.63. The average molecular weight is 437 g/mol. The van der Waals surface area contributed by atoms with Gasteiger partial charge in [-0.1, -0.05) is 48.9 Å². The molecule has 1 heterocycles. The normalized spacial score (nSPS) is 16.7. The van der Waals surface area contributed by atoms with Crippen LogP contribution in [0.5, 0.6) is 5.88 Å². The minimum Gasteiger partial charge on any atom is -0.480 e. The Hall–Kier alpha value is -2.22. The van der Waals surface area contributed by atoms with Crippen molar-refractivity contribution >= 4 is 23.7 Å². The van der Waals surface area contributed by atoms with E-state index in [2.05, 4.69) is 27.5 Å². The molecule has 3 rings (SSSR count). The Morgan fingerprint density at radius 3 is 2.47 bits per heavy atom. The monoisotopic (exact) mass is 436 g/mol. The summed E-state index contributed by atoms with van der Waals surface area (Å²) in [5, 5.41) is 6.59. The molecule has 166 valence electrons. The van der Waals surface area contributed by atoms with E-state index in [4.69, 9.17) is 25.9 Å². The summed E-state index contributed by atoms with van der Waals surface area (Å²) in [7, 11) is 3.47. The first-order chi connectivity index (χ1) is 14.5. The van der Waals surface area contributed by atoms with Crippen LogP contribution >= 0.6 is 11.6 Å². The summed E-state index contributed by atoms with van der Waals surface area (Å²) >= 11 is 6.06. The number of anilines is 1. The van der Waals surface area contributed by atoms with Gasteiger partial charge in [-0.25, -0.2) is 9.97 Å². The minimum atomic E-state index is 0.372. The molecule has 1 fully saturated rings. The summed E-state index contributed by atoms with van der Waals surface area (Å²) in [4.78, 5) is 16.8. The van der Waals surface area contributed by atoms with Crippen LogP contribution in [0.4, 0.5) is 5.82 Å². The van der Waals surface area contributed by atoms with Crippen molar-refractivity contribution in [3.8, 4) is 5.88 Å². The van der Waals surface area contributed by atoms with Gasteiger partial charge in [0.25, 0.3) is 0 Å². The summed E-state index contributed by atoms with van der Waals surface area (Å²) in [5.41, 5.74) is 1.15. The van der Waals surface area contributed by atoms with Gasteiger partial charge in [0.1, 0.15) is 17.6 Å². The first kappa shape index (κ1) is 25.8. The second kappa shape index (κ2) is 15.6. The van der Waals surface area contributed by atoms with Gasteiger partial charge in [-0.15, -0.1) is 0 Å². The molecule has 0 radical (unpaired) electrons. The average Bonchev–Trinajstić information content (AvgIpc) is 2.74. The lowest BCUT2D eigenvalue weighted by atomic mass is 9.84. The maximum absolute atomic E-state index is 8.81. The van der Waals surface area contributed by atoms with Gasteiger partial charge in [0.15, 0.2) is 5.82 Å². The summed E-state index contributed by atoms with van der Waals surface area (Å²) in [5.74, 6) is 1.85. The third-order valence-electron chi connectivity index (χ3n) is 4.29. The Morgan fingerprint density at radius 2 is 1.90 bits per heavy atom. The van der Waals surface area contributed by atoms with E-state index < -0.39 is 0 Å². The lowest BCUT2D eigenvalue weighted by Gasteiger charge is -2.32. The van der Waals surface area contributed by atoms with Gasteiger partial charge in [0.2, 0.25) is 5.88 Å². The molecule has 8 heteroatoms. The number of halogens is 1. The van der Waals surface area contributed by atoms with Crippen molar-refractivity contribution in [1.82, 2.24) is 15.3 Å². The third kappa shape index (κ3) is 10.0. The number of benzene rings is 1. The number of aldehydes is 1. The van der Waals surface area contributed by atoms with Crippen LogP contribution in [0.2, 0.25) is 5.02 Å². The zero-order chi connectivity index (χ0) is 22.2. The highest BCUT2D eigenvalue weighted by Crippen LogP contribution is 2.29. The Bertz CT molecular complexity index is 713. The molecular formula is C22H33ClN4O3. The Morgan fingerprint density at radius 1 is 1.23 bits per heavy atom. The smallest absolute Gasteiger partial charge is 0.237 e. The topological polar surface area (TPSA) is 85.4 Å². The summed E-state index contributed by atoms with van der Waals surface area (Å²) in [6.07, 6.45) is 5.27. The maximum Gasteiger partial charge on any atom is 0.237 e. The summed E-state index contributed by atoms with van der Waals surface area (Å²) < 4.78 is 10.5. The molecule has 30 heavy (non-hydrogen) atoms. The Labute approximate surface area is 184 Å². The van der Waals surface area contributed by atoms with Crippen molar-refractivity contribution in [1.29, 1.82) is 0 Å². The molecule has 2 aromatic rings. The number of rotatable bonds is 8. The number of hydrogen-bond acceptors (Lipinski definition) is 7. The molecule has 7 nitrogen and oxygen atoms in total. The number of nitrogens with zero attached hydrogens (tertiary/aromatic N) is 2. The number of methoxy groups -OCH3 is 1. The van der Waals surface area contributed by atoms with E-state index in [0.29, 0.717) is 29.4 Å². The second-order valence-electron chi connectivity index (χ2n) is 6.79. The Balaban J connectivity index is 0.000000294. The number of aromatic nitrogens is 2. The highest BCUT2D eigenvalue weighted by molar-refractivity contribution is 6.34. The molecule has 1 saturated carbocycles. The van der Waals surface area contributed by atoms with E-state index >= 15 is 0 Å². The van der Waals surface area contributed by atoms with Gasteiger partial charge in [-0.3, -0.25) is 0 Å². The second-order valence-corrected chi connectivity index (χ2v) is 7.17. The van der Waals surface area contributed by atoms with E-state index in [-0.39, 0.29) is 0 Å². The maximum atomic E-state index is 8.81. The van der Waals surface area contributed by atoms with Gasteiger partial charge in [0.05, 0.1) is 19.8 Å². The first-order valence-electron chi connectivity index (χ1n) is 10.0. The standard InChI is InChI=1S/C12H12ClN3O.C8H17NO.C2H4O/c1-17-12-10(13)11(15-8-16-12)14-7-9-5-3-2-4-6-9;1-7-5-8(6-7)10-4-3-9-2;1-2-3/h2-6,8H,7H2,1H3,(H,14,15,16);7-9H,3-6H2,1-2H3;2H,1H3. The SMILES string of the molecule is CC=O.CNCCOC1CC(C)C1.COc1ncnc(NCc2ccccc2)c1Cl. The zero-order valence-corrected chi connectivity index (χ0v) is 19.0. The molecule has 1 aromatic carbocycles. The molecule has 1 aliphatic rings. The van der Waals surface area contributed by atoms with Gasteiger partial charge in [0, 0.05) is 13.1 Å². The van der Waals surface area contributed by atoms with E-state index in [1.54, 1.807) is 0 Å². The highest BCUT2D eigenvalue weighted by atomic mass is 35.5. The van der Waals surface area contributed by atoms with Crippen LogP contribution < -0.4 is 15.4 Å². The van der Waals surface area contributed by atoms with Crippen LogP contribution in [0, 0.1) is 5.92 Å². The molecule has 0 aliphatic heterocycles. The fourth-order valence-corrected chi connectivity index (χ4v) is 2.93. The number of carbonyl (C=O) groups excluding carboxylic acids is 1. The van der Waals surface area contributed by atoms with Crippen LogP contribution in [-0.4, -0.2) is 49.7 Å². The predicted molar refractivity (Wildman–Crippen MR) is 121 cm³/mol. The van der Waals surface area contributed by atoms with Gasteiger partial charge < -0.3 is 24.9 Å². The van der Waals surface area contributed by atoms with E-state index in [1.807, 2.05) is 37.4 Å². The Kier molecular flexibility index (Phi) is 13.4. The summed E-state index contributed by atoms with van der Waals surface area (Å²) in [6.45, 7) is 6.22. The molecule has 0 amide bonds. The molecule has 0 spiro atoms. The van der Waals surface area contributed by atoms with Gasteiger partial charge in [-0.05, 0) is 38.3 Å². The quantitative estimate of drug-likeness (QED) is 0.478. The fraction of sp³-hybridized carbons (Fsp3) is 0.500. The summed E-state index contributed by atoms with van der Waals surface area (Å²) in [6, 6.07) is 10.0. The number of nitrogens with one attached hydrogen (secondary N) is 2. The van der Waals surface area contributed by atoms with Crippen molar-refractivity contribution in [3.63, 3.8) is 0 Å². The van der Waals surface area contributed by atoms with Crippen molar-refractivity contribution in [3.05, 3.63) is 47.2 Å². The molecule has 0 unspecified atom stereocenters. The van der Waals surface area contributed by atoms with E-state index in [1.165, 1.54) is 33.2 Å². The van der Waals surface area contributed by atoms with E-state index in [9.17, 15) is 0 Å². The van der Waals surface area contributed by atoms with Gasteiger partial charge >= 0.3 is 0 Å². The zero-order valence-electron chi connectivity index (χ0n) is 18.2. The van der Waals surface area contributed by atoms with Crippen molar-refractivity contribution in [2.24, 2.45) is 5.92 Å². The lowest BCUT2D eigenvalue weighted by molar-refractivity contribution is -0.106. The van der Waals surface area contributed by atoms with Crippen LogP contribution in [0.3, 0.4) is 0 Å².